The minimum absolute atomic E-state index is 0.0702. The molecule has 1 aromatic heterocycles. The number of ketones is 1. The van der Waals surface area contributed by atoms with Crippen molar-refractivity contribution in [1.82, 2.24) is 4.98 Å². The highest BCUT2D eigenvalue weighted by atomic mass is 79.9. The van der Waals surface area contributed by atoms with E-state index in [1.807, 2.05) is 33.8 Å². The van der Waals surface area contributed by atoms with Crippen molar-refractivity contribution >= 4 is 91.8 Å². The molecule has 0 amide bonds. The quantitative estimate of drug-likeness (QED) is 0.172. The van der Waals surface area contributed by atoms with E-state index in [-0.39, 0.29) is 36.2 Å². The molecule has 0 radical (unpaired) electrons. The molecule has 0 unspecified atom stereocenters. The highest BCUT2D eigenvalue weighted by molar-refractivity contribution is 9.11. The van der Waals surface area contributed by atoms with Gasteiger partial charge in [-0.05, 0) is 99.4 Å². The number of rotatable bonds is 9. The molecular weight excluding hydrogens is 804 g/mol. The number of aromatic nitrogens is 1. The Labute approximate surface area is 278 Å². The number of benzene rings is 2. The van der Waals surface area contributed by atoms with Crippen molar-refractivity contribution in [1.29, 1.82) is 0 Å². The first-order chi connectivity index (χ1) is 19.1. The van der Waals surface area contributed by atoms with Gasteiger partial charge in [-0.2, -0.15) is 0 Å². The molecule has 0 bridgehead atoms. The molecule has 0 aliphatic carbocycles. The molecule has 0 saturated carbocycles. The Hall–Kier alpha value is -1.12. The van der Waals surface area contributed by atoms with E-state index >= 15 is 0 Å². The van der Waals surface area contributed by atoms with Crippen molar-refractivity contribution in [2.24, 2.45) is 4.99 Å². The number of aromatic hydroxyl groups is 1. The van der Waals surface area contributed by atoms with Crippen LogP contribution in [0.4, 0.5) is 5.69 Å². The van der Waals surface area contributed by atoms with Crippen molar-refractivity contribution < 1.29 is 29.6 Å². The highest BCUT2D eigenvalue weighted by Crippen LogP contribution is 2.49. The first-order valence-electron chi connectivity index (χ1n) is 13.2. The number of nitrogens with zero attached hydrogens (tertiary/aromatic N) is 1. The van der Waals surface area contributed by atoms with Crippen LogP contribution in [0.3, 0.4) is 0 Å². The zero-order chi connectivity index (χ0) is 31.7. The normalized spacial score (nSPS) is 14.6. The van der Waals surface area contributed by atoms with Crippen LogP contribution in [0.25, 0.3) is 10.9 Å². The summed E-state index contributed by atoms with van der Waals surface area (Å²) in [5, 5.41) is 32.3. The summed E-state index contributed by atoms with van der Waals surface area (Å²) in [4.78, 5) is 21.7. The number of ether oxygens (including phenoxy) is 2. The third-order valence-electron chi connectivity index (χ3n) is 6.84. The summed E-state index contributed by atoms with van der Waals surface area (Å²) in [5.74, 6) is -0.497. The van der Waals surface area contributed by atoms with Crippen molar-refractivity contribution in [2.45, 2.75) is 77.8 Å². The van der Waals surface area contributed by atoms with Gasteiger partial charge in [0.15, 0.2) is 5.75 Å². The average Bonchev–Trinajstić information content (AvgIpc) is 3.31. The Bertz CT molecular complexity index is 1630. The fourth-order valence-electron chi connectivity index (χ4n) is 4.77. The number of hydrogen-bond acceptors (Lipinski definition) is 7. The van der Waals surface area contributed by atoms with Crippen LogP contribution in [0.15, 0.2) is 35.0 Å². The van der Waals surface area contributed by atoms with E-state index in [2.05, 4.69) is 73.7 Å². The van der Waals surface area contributed by atoms with Gasteiger partial charge in [-0.1, -0.05) is 31.9 Å². The maximum atomic E-state index is 13.9. The molecule has 0 atom stereocenters. The van der Waals surface area contributed by atoms with Crippen LogP contribution in [0.2, 0.25) is 0 Å². The van der Waals surface area contributed by atoms with Crippen molar-refractivity contribution in [3.63, 3.8) is 0 Å². The molecule has 8 nitrogen and oxygen atoms in total. The van der Waals surface area contributed by atoms with Crippen LogP contribution in [0.5, 0.6) is 5.75 Å². The zero-order valence-corrected chi connectivity index (χ0v) is 30.9. The smallest absolute Gasteiger partial charge is 0.216 e. The molecule has 2 aromatic carbocycles. The topological polar surface area (TPSA) is 124 Å². The molecule has 2 heterocycles. The minimum Gasteiger partial charge on any atom is -0.505 e. The Morgan fingerprint density at radius 3 is 1.79 bits per heavy atom. The van der Waals surface area contributed by atoms with Crippen LogP contribution in [-0.4, -0.2) is 56.2 Å². The van der Waals surface area contributed by atoms with E-state index in [0.29, 0.717) is 45.6 Å². The second kappa shape index (κ2) is 11.3. The molecule has 228 valence electrons. The monoisotopic (exact) mass is 834 g/mol. The lowest BCUT2D eigenvalue weighted by Gasteiger charge is -2.31. The van der Waals surface area contributed by atoms with E-state index in [1.54, 1.807) is 33.8 Å². The number of hydrogen-bond donors (Lipinski definition) is 4. The molecule has 4 rings (SSSR count). The number of fused-ring (bicyclic) bond motifs is 2. The summed E-state index contributed by atoms with van der Waals surface area (Å²) in [6.07, 6.45) is 0. The average molecular weight is 838 g/mol. The van der Waals surface area contributed by atoms with Gasteiger partial charge in [0.05, 0.1) is 57.8 Å². The number of carbonyl (C=O) groups excluding carboxylic acids is 1. The SMILES string of the molecule is CC(C)(O)COC(C)(C)c1c(Br)cc2c(c1Br)C(=O)C(c1[nH]c3cc(Br)c(C(C)(C)OCC(C)(C)O)c(Br)c3c1O)=N2. The fraction of sp³-hybridized carbons (Fsp3) is 0.467. The first-order valence-corrected chi connectivity index (χ1v) is 16.3. The first kappa shape index (κ1) is 33.8. The van der Waals surface area contributed by atoms with Crippen molar-refractivity contribution in [3.05, 3.63) is 52.4 Å². The molecule has 42 heavy (non-hydrogen) atoms. The number of halogens is 4. The maximum absolute atomic E-state index is 13.9. The van der Waals surface area contributed by atoms with E-state index in [9.17, 15) is 20.1 Å². The van der Waals surface area contributed by atoms with Crippen LogP contribution in [0.1, 0.15) is 82.6 Å². The lowest BCUT2D eigenvalue weighted by Crippen LogP contribution is -2.33. The minimum atomic E-state index is -1.04. The molecule has 4 N–H and O–H groups in total. The molecule has 1 aliphatic rings. The van der Waals surface area contributed by atoms with Gasteiger partial charge in [0, 0.05) is 29.0 Å². The third-order valence-corrected chi connectivity index (χ3v) is 9.67. The van der Waals surface area contributed by atoms with Crippen LogP contribution in [0, 0.1) is 0 Å². The molecule has 3 aromatic rings. The second-order valence-corrected chi connectivity index (χ2v) is 16.1. The highest BCUT2D eigenvalue weighted by Gasteiger charge is 2.38. The number of H-pyrrole nitrogens is 1. The molecule has 0 spiro atoms. The number of Topliss-reactive ketones (excluding diaryl/α,β-unsaturated/α-hetero) is 1. The predicted octanol–water partition coefficient (Wildman–Crippen LogP) is 8.29. The Kier molecular flexibility index (Phi) is 9.12. The molecule has 1 aliphatic heterocycles. The largest absolute Gasteiger partial charge is 0.505 e. The van der Waals surface area contributed by atoms with Gasteiger partial charge in [-0.3, -0.25) is 4.79 Å². The van der Waals surface area contributed by atoms with E-state index in [0.717, 1.165) is 5.56 Å². The molecule has 0 saturated heterocycles. The Morgan fingerprint density at radius 2 is 1.29 bits per heavy atom. The maximum Gasteiger partial charge on any atom is 0.216 e. The number of aromatic amines is 1. The van der Waals surface area contributed by atoms with E-state index in [1.165, 1.54) is 0 Å². The summed E-state index contributed by atoms with van der Waals surface area (Å²) >= 11 is 14.5. The summed E-state index contributed by atoms with van der Waals surface area (Å²) < 4.78 is 14.6. The van der Waals surface area contributed by atoms with Crippen LogP contribution in [-0.2, 0) is 20.7 Å². The van der Waals surface area contributed by atoms with Crippen LogP contribution >= 0.6 is 63.7 Å². The summed E-state index contributed by atoms with van der Waals surface area (Å²) in [6.45, 7) is 14.3. The van der Waals surface area contributed by atoms with Gasteiger partial charge in [0.1, 0.15) is 11.4 Å². The molecule has 0 fully saturated rings. The standard InChI is InChI=1S/C30H34Br4N2O6/c1-27(2,39)11-41-29(5,6)19-13(31)9-15-17(21(19)33)25(37)23(35-15)24-26(38)18-16(36-24)10-14(32)20(22(18)34)30(7,8)42-12-28(3,4)40/h9-10,35,37,39-40H,11-12H2,1-8H3. The second-order valence-electron chi connectivity index (χ2n) is 12.8. The van der Waals surface area contributed by atoms with Gasteiger partial charge < -0.3 is 29.8 Å². The predicted molar refractivity (Wildman–Crippen MR) is 178 cm³/mol. The van der Waals surface area contributed by atoms with Gasteiger partial charge in [0.25, 0.3) is 0 Å². The number of carbonyl (C=O) groups is 1. The van der Waals surface area contributed by atoms with Gasteiger partial charge >= 0.3 is 0 Å². The lowest BCUT2D eigenvalue weighted by atomic mass is 9.93. The number of aliphatic imine (C=N–C) groups is 1. The molecule has 12 heteroatoms. The number of nitrogens with one attached hydrogen (secondary N) is 1. The zero-order valence-electron chi connectivity index (χ0n) is 24.6. The van der Waals surface area contributed by atoms with Crippen LogP contribution < -0.4 is 0 Å². The fourth-order valence-corrected chi connectivity index (χ4v) is 9.27. The Morgan fingerprint density at radius 1 is 0.810 bits per heavy atom. The van der Waals surface area contributed by atoms with Crippen molar-refractivity contribution in [2.75, 3.05) is 13.2 Å². The summed E-state index contributed by atoms with van der Waals surface area (Å²) in [6, 6.07) is 3.57. The summed E-state index contributed by atoms with van der Waals surface area (Å²) in [7, 11) is 0. The van der Waals surface area contributed by atoms with Gasteiger partial charge in [-0.25, -0.2) is 4.99 Å². The molecular formula is C30H34Br4N2O6. The van der Waals surface area contributed by atoms with E-state index in [4.69, 9.17) is 9.47 Å². The Balaban J connectivity index is 1.78. The van der Waals surface area contributed by atoms with Crippen molar-refractivity contribution in [3.8, 4) is 5.75 Å². The van der Waals surface area contributed by atoms with Gasteiger partial charge in [0.2, 0.25) is 5.78 Å². The summed E-state index contributed by atoms with van der Waals surface area (Å²) in [5.41, 5.74) is -0.725. The van der Waals surface area contributed by atoms with Gasteiger partial charge in [-0.15, -0.1) is 0 Å². The number of aliphatic hydroxyl groups is 2. The van der Waals surface area contributed by atoms with E-state index < -0.39 is 22.4 Å². The lowest BCUT2D eigenvalue weighted by molar-refractivity contribution is -0.0950. The third kappa shape index (κ3) is 6.47.